The molecule has 0 N–H and O–H groups in total. The van der Waals surface area contributed by atoms with Gasteiger partial charge in [0.05, 0.1) is 5.58 Å². The second-order valence-electron chi connectivity index (χ2n) is 12.5. The van der Waals surface area contributed by atoms with Crippen LogP contribution in [0.4, 0.5) is 0 Å². The summed E-state index contributed by atoms with van der Waals surface area (Å²) in [5.74, 6) is 0. The van der Waals surface area contributed by atoms with Crippen molar-refractivity contribution in [1.29, 1.82) is 0 Å². The molecule has 0 amide bonds. The van der Waals surface area contributed by atoms with Crippen molar-refractivity contribution >= 4 is 77.3 Å². The summed E-state index contributed by atoms with van der Waals surface area (Å²) >= 11 is 0. The van der Waals surface area contributed by atoms with E-state index in [0.717, 1.165) is 81.4 Å². The van der Waals surface area contributed by atoms with Crippen molar-refractivity contribution in [2.24, 2.45) is 0 Å². The van der Waals surface area contributed by atoms with Crippen molar-refractivity contribution in [2.45, 2.75) is 0 Å². The maximum absolute atomic E-state index is 15.1. The summed E-state index contributed by atoms with van der Waals surface area (Å²) in [6.45, 7) is 0. The molecule has 0 spiro atoms. The summed E-state index contributed by atoms with van der Waals surface area (Å²) in [5.41, 5.74) is 3.54. The number of hydrogen-bond donors (Lipinski definition) is 0. The maximum Gasteiger partial charge on any atom is 0.147 e. The standard InChI is InChI=1S/C30H20OP.C17H10NO.Ir/c31-32(28-16-13-22-7-1-4-10-25(22)19-28,29-17-14-23-8-2-5-11-26(23)20-29)30-18-15-24-9-3-6-12-27(24)21-30;1-2-10-16-12(6-1)13-7-5-8-14(17(13)19-16)15-9-3-4-11-18-15;/h1-17,19-21H;1-7,9-11H;/q2*-1;. The van der Waals surface area contributed by atoms with E-state index in [2.05, 4.69) is 83.8 Å². The van der Waals surface area contributed by atoms with Gasteiger partial charge in [0.1, 0.15) is 12.7 Å². The molecule has 8 aromatic carbocycles. The van der Waals surface area contributed by atoms with Gasteiger partial charge in [-0.15, -0.1) is 35.0 Å². The third kappa shape index (κ3) is 6.06. The third-order valence-electron chi connectivity index (χ3n) is 9.46. The maximum atomic E-state index is 15.1. The Morgan fingerprint density at radius 2 is 1.10 bits per heavy atom. The Bertz CT molecular complexity index is 2720. The minimum Gasteiger partial charge on any atom is -0.501 e. The summed E-state index contributed by atoms with van der Waals surface area (Å²) in [6, 6.07) is 65.4. The van der Waals surface area contributed by atoms with Crippen LogP contribution in [0, 0.1) is 12.1 Å². The van der Waals surface area contributed by atoms with Crippen molar-refractivity contribution in [1.82, 2.24) is 4.98 Å². The molecule has 0 aliphatic rings. The van der Waals surface area contributed by atoms with E-state index in [4.69, 9.17) is 4.42 Å². The van der Waals surface area contributed by atoms with Gasteiger partial charge in [0.15, 0.2) is 0 Å². The zero-order valence-electron chi connectivity index (χ0n) is 27.9. The van der Waals surface area contributed by atoms with Crippen LogP contribution in [0.1, 0.15) is 0 Å². The van der Waals surface area contributed by atoms with Gasteiger partial charge in [-0.2, -0.15) is 18.2 Å². The number of rotatable bonds is 4. The molecular weight excluding hydrogens is 834 g/mol. The molecule has 10 rings (SSSR count). The first-order chi connectivity index (χ1) is 25.1. The Labute approximate surface area is 315 Å². The topological polar surface area (TPSA) is 43.1 Å². The zero-order valence-corrected chi connectivity index (χ0v) is 31.2. The molecule has 0 fully saturated rings. The number of nitrogens with zero attached hydrogens (tertiary/aromatic N) is 1. The first kappa shape index (κ1) is 33.5. The molecule has 0 atom stereocenters. The van der Waals surface area contributed by atoms with Crippen LogP contribution in [0.15, 0.2) is 187 Å². The van der Waals surface area contributed by atoms with E-state index in [1.165, 1.54) is 0 Å². The Hall–Kier alpha value is -5.63. The van der Waals surface area contributed by atoms with Crippen LogP contribution < -0.4 is 15.9 Å². The number of fused-ring (bicyclic) bond motifs is 6. The second-order valence-corrected chi connectivity index (χ2v) is 15.3. The van der Waals surface area contributed by atoms with E-state index in [1.807, 2.05) is 109 Å². The van der Waals surface area contributed by atoms with Crippen LogP contribution in [0.25, 0.3) is 65.5 Å². The molecule has 2 heterocycles. The molecule has 5 heteroatoms. The first-order valence-electron chi connectivity index (χ1n) is 16.9. The van der Waals surface area contributed by atoms with E-state index in [-0.39, 0.29) is 20.1 Å². The molecule has 0 saturated carbocycles. The minimum absolute atomic E-state index is 0. The summed E-state index contributed by atoms with van der Waals surface area (Å²) in [7, 11) is -3.15. The zero-order chi connectivity index (χ0) is 34.2. The first-order valence-corrected chi connectivity index (χ1v) is 18.6. The van der Waals surface area contributed by atoms with Gasteiger partial charge in [0.2, 0.25) is 0 Å². The van der Waals surface area contributed by atoms with Gasteiger partial charge in [0.25, 0.3) is 0 Å². The summed E-state index contributed by atoms with van der Waals surface area (Å²) in [6.07, 6.45) is 1.78. The molecular formula is C47H30IrNO2P-2. The molecule has 0 aliphatic heterocycles. The Balaban J connectivity index is 0.000000165. The summed E-state index contributed by atoms with van der Waals surface area (Å²) in [4.78, 5) is 4.38. The van der Waals surface area contributed by atoms with Crippen LogP contribution in [-0.2, 0) is 24.7 Å². The summed E-state index contributed by atoms with van der Waals surface area (Å²) in [5, 5.41) is 11.3. The molecule has 0 bridgehead atoms. The SMILES string of the molecule is O=P(c1[c-]cc2ccccc2c1)(c1ccc2ccccc2c1)c1ccc2ccccc2c1.[Ir].[c-]1ccc2c(oc3ccccc32)c1-c1ccccn1. The molecule has 0 unspecified atom stereocenters. The van der Waals surface area contributed by atoms with Gasteiger partial charge in [-0.1, -0.05) is 138 Å². The van der Waals surface area contributed by atoms with Crippen LogP contribution >= 0.6 is 7.14 Å². The molecule has 52 heavy (non-hydrogen) atoms. The number of furan rings is 1. The van der Waals surface area contributed by atoms with Crippen molar-refractivity contribution in [3.63, 3.8) is 0 Å². The van der Waals surface area contributed by atoms with Gasteiger partial charge < -0.3 is 14.0 Å². The normalized spacial score (nSPS) is 11.4. The van der Waals surface area contributed by atoms with E-state index in [9.17, 15) is 0 Å². The third-order valence-corrected chi connectivity index (χ3v) is 12.4. The summed E-state index contributed by atoms with van der Waals surface area (Å²) < 4.78 is 21.1. The average molecular weight is 864 g/mol. The molecule has 2 aromatic heterocycles. The largest absolute Gasteiger partial charge is 0.501 e. The molecule has 10 aromatic rings. The Morgan fingerprint density at radius 1 is 0.519 bits per heavy atom. The van der Waals surface area contributed by atoms with Crippen LogP contribution in [0.3, 0.4) is 0 Å². The van der Waals surface area contributed by atoms with Gasteiger partial charge >= 0.3 is 0 Å². The fraction of sp³-hybridized carbons (Fsp3) is 0. The monoisotopic (exact) mass is 864 g/mol. The molecule has 251 valence electrons. The van der Waals surface area contributed by atoms with Gasteiger partial charge in [-0.25, -0.2) is 0 Å². The minimum atomic E-state index is -3.15. The number of hydrogen-bond acceptors (Lipinski definition) is 3. The second kappa shape index (κ2) is 14.2. The predicted octanol–water partition coefficient (Wildman–Crippen LogP) is 11.0. The number of aromatic nitrogens is 1. The molecule has 0 saturated heterocycles. The van der Waals surface area contributed by atoms with E-state index >= 15 is 4.57 Å². The Kier molecular flexibility index (Phi) is 9.14. The van der Waals surface area contributed by atoms with Crippen LogP contribution in [0.5, 0.6) is 0 Å². The van der Waals surface area contributed by atoms with Crippen molar-refractivity contribution < 1.29 is 29.1 Å². The van der Waals surface area contributed by atoms with Crippen molar-refractivity contribution in [2.75, 3.05) is 0 Å². The molecule has 1 radical (unpaired) electrons. The van der Waals surface area contributed by atoms with Crippen molar-refractivity contribution in [3.05, 3.63) is 194 Å². The van der Waals surface area contributed by atoms with Gasteiger partial charge in [-0.05, 0) is 51.5 Å². The Morgan fingerprint density at radius 3 is 1.75 bits per heavy atom. The van der Waals surface area contributed by atoms with E-state index < -0.39 is 7.14 Å². The van der Waals surface area contributed by atoms with E-state index in [1.54, 1.807) is 6.20 Å². The number of benzene rings is 8. The fourth-order valence-corrected chi connectivity index (χ4v) is 9.49. The van der Waals surface area contributed by atoms with E-state index in [0.29, 0.717) is 0 Å². The van der Waals surface area contributed by atoms with Gasteiger partial charge in [0, 0.05) is 42.3 Å². The van der Waals surface area contributed by atoms with Crippen LogP contribution in [-0.4, -0.2) is 4.98 Å². The fourth-order valence-electron chi connectivity index (χ4n) is 6.86. The van der Waals surface area contributed by atoms with Crippen molar-refractivity contribution in [3.8, 4) is 11.3 Å². The average Bonchev–Trinajstić information content (AvgIpc) is 3.59. The smallest absolute Gasteiger partial charge is 0.147 e. The molecule has 0 aliphatic carbocycles. The van der Waals surface area contributed by atoms with Gasteiger partial charge in [-0.3, -0.25) is 0 Å². The predicted molar refractivity (Wildman–Crippen MR) is 213 cm³/mol. The number of pyridine rings is 1. The quantitative estimate of drug-likeness (QED) is 0.131. The molecule has 3 nitrogen and oxygen atoms in total. The van der Waals surface area contributed by atoms with Crippen LogP contribution in [0.2, 0.25) is 0 Å². The number of para-hydroxylation sites is 1.